The Kier molecular flexibility index (Phi) is 4.50. The molecule has 4 heteroatoms. The Morgan fingerprint density at radius 2 is 2.38 bits per heavy atom. The Morgan fingerprint density at radius 1 is 1.50 bits per heavy atom. The van der Waals surface area contributed by atoms with E-state index in [0.29, 0.717) is 0 Å². The number of rotatable bonds is 3. The minimum Gasteiger partial charge on any atom is -0.384 e. The van der Waals surface area contributed by atoms with Gasteiger partial charge >= 0.3 is 0 Å². The zero-order valence-electron chi connectivity index (χ0n) is 9.10. The molecule has 2 rings (SSSR count). The van der Waals surface area contributed by atoms with Gasteiger partial charge in [-0.15, -0.1) is 0 Å². The number of nitrogens with one attached hydrogen (secondary N) is 2. The van der Waals surface area contributed by atoms with Crippen LogP contribution in [0.1, 0.15) is 12.8 Å². The highest BCUT2D eigenvalue weighted by atomic mass is 79.9. The molecule has 1 fully saturated rings. The standard InChI is InChI=1S/C12H16BrClN2/c13-11-4-3-10(14)6-12(11)16-8-9-2-1-5-15-7-9/h3-4,6,9,15-16H,1-2,5,7-8H2. The lowest BCUT2D eigenvalue weighted by molar-refractivity contribution is 0.393. The van der Waals surface area contributed by atoms with Gasteiger partial charge in [-0.2, -0.15) is 0 Å². The van der Waals surface area contributed by atoms with Crippen LogP contribution >= 0.6 is 27.5 Å². The van der Waals surface area contributed by atoms with Gasteiger partial charge in [0.25, 0.3) is 0 Å². The highest BCUT2D eigenvalue weighted by Gasteiger charge is 2.12. The fraction of sp³-hybridized carbons (Fsp3) is 0.500. The predicted octanol–water partition coefficient (Wildman–Crippen LogP) is 3.51. The second-order valence-electron chi connectivity index (χ2n) is 4.22. The number of hydrogen-bond donors (Lipinski definition) is 2. The van der Waals surface area contributed by atoms with Crippen molar-refractivity contribution in [3.8, 4) is 0 Å². The van der Waals surface area contributed by atoms with E-state index in [1.54, 1.807) is 0 Å². The lowest BCUT2D eigenvalue weighted by Crippen LogP contribution is -2.33. The molecule has 0 amide bonds. The van der Waals surface area contributed by atoms with E-state index in [1.165, 1.54) is 12.8 Å². The van der Waals surface area contributed by atoms with Crippen molar-refractivity contribution >= 4 is 33.2 Å². The van der Waals surface area contributed by atoms with Gasteiger partial charge in [-0.05, 0) is 66.0 Å². The maximum Gasteiger partial charge on any atom is 0.0499 e. The molecule has 0 radical (unpaired) electrons. The second-order valence-corrected chi connectivity index (χ2v) is 5.51. The van der Waals surface area contributed by atoms with Crippen LogP contribution in [-0.2, 0) is 0 Å². The Balaban J connectivity index is 1.90. The number of benzene rings is 1. The van der Waals surface area contributed by atoms with Crippen LogP contribution in [0.25, 0.3) is 0 Å². The SMILES string of the molecule is Clc1ccc(Br)c(NCC2CCCNC2)c1. The lowest BCUT2D eigenvalue weighted by atomic mass is 10.00. The van der Waals surface area contributed by atoms with E-state index >= 15 is 0 Å². The summed E-state index contributed by atoms with van der Waals surface area (Å²) in [5.41, 5.74) is 1.08. The smallest absolute Gasteiger partial charge is 0.0499 e. The van der Waals surface area contributed by atoms with Crippen LogP contribution < -0.4 is 10.6 Å². The summed E-state index contributed by atoms with van der Waals surface area (Å²) in [6, 6.07) is 5.82. The number of anilines is 1. The Bertz CT molecular complexity index is 351. The molecule has 1 aliphatic heterocycles. The number of halogens is 2. The minimum absolute atomic E-state index is 0.722. The normalized spacial score (nSPS) is 20.8. The third-order valence-corrected chi connectivity index (χ3v) is 3.84. The molecule has 0 spiro atoms. The maximum atomic E-state index is 5.97. The van der Waals surface area contributed by atoms with Crippen LogP contribution in [0, 0.1) is 5.92 Å². The van der Waals surface area contributed by atoms with Crippen LogP contribution in [0.3, 0.4) is 0 Å². The van der Waals surface area contributed by atoms with Crippen molar-refractivity contribution in [3.05, 3.63) is 27.7 Å². The summed E-state index contributed by atoms with van der Waals surface area (Å²) >= 11 is 9.48. The molecule has 0 bridgehead atoms. The van der Waals surface area contributed by atoms with Gasteiger partial charge in [-0.3, -0.25) is 0 Å². The first kappa shape index (κ1) is 12.2. The average molecular weight is 304 g/mol. The summed E-state index contributed by atoms with van der Waals surface area (Å²) in [7, 11) is 0. The van der Waals surface area contributed by atoms with Crippen molar-refractivity contribution in [2.24, 2.45) is 5.92 Å². The minimum atomic E-state index is 0.722. The molecule has 2 N–H and O–H groups in total. The summed E-state index contributed by atoms with van der Waals surface area (Å²) in [4.78, 5) is 0. The zero-order valence-corrected chi connectivity index (χ0v) is 11.4. The third kappa shape index (κ3) is 3.37. The zero-order chi connectivity index (χ0) is 11.4. The topological polar surface area (TPSA) is 24.1 Å². The molecule has 1 aliphatic rings. The van der Waals surface area contributed by atoms with E-state index < -0.39 is 0 Å². The molecule has 16 heavy (non-hydrogen) atoms. The van der Waals surface area contributed by atoms with Crippen molar-refractivity contribution < 1.29 is 0 Å². The largest absolute Gasteiger partial charge is 0.384 e. The molecular weight excluding hydrogens is 288 g/mol. The predicted molar refractivity (Wildman–Crippen MR) is 73.2 cm³/mol. The van der Waals surface area contributed by atoms with Crippen LogP contribution in [0.4, 0.5) is 5.69 Å². The average Bonchev–Trinajstić information content (AvgIpc) is 2.32. The summed E-state index contributed by atoms with van der Waals surface area (Å²) in [6.07, 6.45) is 2.58. The second kappa shape index (κ2) is 5.89. The molecule has 1 heterocycles. The van der Waals surface area contributed by atoms with E-state index in [4.69, 9.17) is 11.6 Å². The fourth-order valence-corrected chi connectivity index (χ4v) is 2.54. The van der Waals surface area contributed by atoms with Crippen molar-refractivity contribution in [1.29, 1.82) is 0 Å². The highest BCUT2D eigenvalue weighted by Crippen LogP contribution is 2.26. The fourth-order valence-electron chi connectivity index (χ4n) is 1.99. The first-order valence-corrected chi connectivity index (χ1v) is 6.82. The molecule has 1 unspecified atom stereocenters. The van der Waals surface area contributed by atoms with Crippen LogP contribution in [0.2, 0.25) is 5.02 Å². The van der Waals surface area contributed by atoms with Crippen LogP contribution in [-0.4, -0.2) is 19.6 Å². The molecule has 0 aliphatic carbocycles. The van der Waals surface area contributed by atoms with Crippen molar-refractivity contribution in [2.75, 3.05) is 25.0 Å². The van der Waals surface area contributed by atoms with Gasteiger partial charge in [0.1, 0.15) is 0 Å². The molecule has 0 saturated carbocycles. The summed E-state index contributed by atoms with van der Waals surface area (Å²) < 4.78 is 1.07. The molecule has 0 aromatic heterocycles. The van der Waals surface area contributed by atoms with E-state index in [-0.39, 0.29) is 0 Å². The summed E-state index contributed by atoms with van der Waals surface area (Å²) in [5, 5.41) is 7.64. The molecule has 2 nitrogen and oxygen atoms in total. The Morgan fingerprint density at radius 3 is 3.12 bits per heavy atom. The Hall–Kier alpha value is -0.250. The Labute approximate surface area is 110 Å². The quantitative estimate of drug-likeness (QED) is 0.893. The van der Waals surface area contributed by atoms with E-state index in [0.717, 1.165) is 40.7 Å². The lowest BCUT2D eigenvalue weighted by Gasteiger charge is -2.23. The van der Waals surface area contributed by atoms with Gasteiger partial charge in [0.05, 0.1) is 0 Å². The van der Waals surface area contributed by atoms with Crippen LogP contribution in [0.5, 0.6) is 0 Å². The van der Waals surface area contributed by atoms with E-state index in [2.05, 4.69) is 26.6 Å². The van der Waals surface area contributed by atoms with Crippen molar-refractivity contribution in [1.82, 2.24) is 5.32 Å². The van der Waals surface area contributed by atoms with Gasteiger partial charge in [-0.25, -0.2) is 0 Å². The third-order valence-electron chi connectivity index (χ3n) is 2.91. The first-order valence-electron chi connectivity index (χ1n) is 5.65. The van der Waals surface area contributed by atoms with Gasteiger partial charge in [0, 0.05) is 21.7 Å². The van der Waals surface area contributed by atoms with Gasteiger partial charge < -0.3 is 10.6 Å². The number of hydrogen-bond acceptors (Lipinski definition) is 2. The summed E-state index contributed by atoms with van der Waals surface area (Å²) in [5.74, 6) is 0.722. The van der Waals surface area contributed by atoms with Crippen molar-refractivity contribution in [3.63, 3.8) is 0 Å². The monoisotopic (exact) mass is 302 g/mol. The molecular formula is C12H16BrClN2. The van der Waals surface area contributed by atoms with Gasteiger partial charge in [0.15, 0.2) is 0 Å². The highest BCUT2D eigenvalue weighted by molar-refractivity contribution is 9.10. The van der Waals surface area contributed by atoms with Crippen molar-refractivity contribution in [2.45, 2.75) is 12.8 Å². The molecule has 1 aromatic carbocycles. The molecule has 88 valence electrons. The molecule has 1 aromatic rings. The summed E-state index contributed by atoms with van der Waals surface area (Å²) in [6.45, 7) is 3.29. The maximum absolute atomic E-state index is 5.97. The first-order chi connectivity index (χ1) is 7.75. The van der Waals surface area contributed by atoms with Gasteiger partial charge in [-0.1, -0.05) is 11.6 Å². The molecule has 1 saturated heterocycles. The molecule has 1 atom stereocenters. The van der Waals surface area contributed by atoms with Crippen LogP contribution in [0.15, 0.2) is 22.7 Å². The van der Waals surface area contributed by atoms with E-state index in [1.807, 2.05) is 18.2 Å². The van der Waals surface area contributed by atoms with Gasteiger partial charge in [0.2, 0.25) is 0 Å². The van der Waals surface area contributed by atoms with E-state index in [9.17, 15) is 0 Å². The number of piperidine rings is 1.